The molecule has 0 saturated heterocycles. The lowest BCUT2D eigenvalue weighted by atomic mass is 9.89. The molecule has 0 fully saturated rings. The number of esters is 1. The van der Waals surface area contributed by atoms with E-state index in [1.807, 2.05) is 60.0 Å². The van der Waals surface area contributed by atoms with E-state index < -0.39 is 29.7 Å². The minimum absolute atomic E-state index is 0.147. The maximum Gasteiger partial charge on any atom is 0.321 e. The number of imidazole rings is 1. The van der Waals surface area contributed by atoms with E-state index in [2.05, 4.69) is 0 Å². The Labute approximate surface area is 196 Å². The molecule has 6 nitrogen and oxygen atoms in total. The molecule has 1 aliphatic heterocycles. The number of fused-ring (bicyclic) bond motifs is 3. The SMILES string of the molecule is CCOC(=O)[C@@H]1C(=O)N(Cc2ccc(C)cc2)c2nc3ccccc3n2[C@H]1c1ccc(F)cc1. The zero-order valence-corrected chi connectivity index (χ0v) is 18.9. The van der Waals surface area contributed by atoms with Gasteiger partial charge in [0, 0.05) is 0 Å². The second kappa shape index (κ2) is 8.74. The van der Waals surface area contributed by atoms with Gasteiger partial charge in [-0.2, -0.15) is 0 Å². The number of halogens is 1. The van der Waals surface area contributed by atoms with Gasteiger partial charge in [0.2, 0.25) is 11.9 Å². The number of anilines is 1. The maximum absolute atomic E-state index is 13.9. The lowest BCUT2D eigenvalue weighted by Gasteiger charge is -2.38. The third-order valence-corrected chi connectivity index (χ3v) is 6.16. The van der Waals surface area contributed by atoms with Crippen LogP contribution in [0.2, 0.25) is 0 Å². The van der Waals surface area contributed by atoms with E-state index in [0.29, 0.717) is 17.0 Å². The third-order valence-electron chi connectivity index (χ3n) is 6.16. The maximum atomic E-state index is 13.9. The molecule has 5 rings (SSSR count). The van der Waals surface area contributed by atoms with E-state index >= 15 is 0 Å². The van der Waals surface area contributed by atoms with Crippen LogP contribution < -0.4 is 4.90 Å². The third kappa shape index (κ3) is 3.73. The number of para-hydroxylation sites is 2. The quantitative estimate of drug-likeness (QED) is 0.319. The summed E-state index contributed by atoms with van der Waals surface area (Å²) in [6.07, 6.45) is 0. The molecule has 0 saturated carbocycles. The summed E-state index contributed by atoms with van der Waals surface area (Å²) >= 11 is 0. The molecule has 34 heavy (non-hydrogen) atoms. The van der Waals surface area contributed by atoms with Crippen molar-refractivity contribution in [2.45, 2.75) is 26.4 Å². The monoisotopic (exact) mass is 457 g/mol. The molecule has 1 aliphatic rings. The van der Waals surface area contributed by atoms with Gasteiger partial charge in [0.05, 0.1) is 30.2 Å². The van der Waals surface area contributed by atoms with Crippen molar-refractivity contribution in [1.29, 1.82) is 0 Å². The van der Waals surface area contributed by atoms with Gasteiger partial charge in [-0.1, -0.05) is 54.1 Å². The summed E-state index contributed by atoms with van der Waals surface area (Å²) in [6.45, 7) is 4.11. The fourth-order valence-electron chi connectivity index (χ4n) is 4.53. The molecule has 2 heterocycles. The van der Waals surface area contributed by atoms with Crippen molar-refractivity contribution in [3.8, 4) is 0 Å². The summed E-state index contributed by atoms with van der Waals surface area (Å²) in [7, 11) is 0. The molecule has 1 amide bonds. The Hall–Kier alpha value is -4.00. The van der Waals surface area contributed by atoms with Crippen LogP contribution in [0.4, 0.5) is 10.3 Å². The van der Waals surface area contributed by atoms with Crippen LogP contribution in [-0.2, 0) is 20.9 Å². The normalized spacial score (nSPS) is 17.6. The number of hydrogen-bond acceptors (Lipinski definition) is 4. The first-order chi connectivity index (χ1) is 16.5. The topological polar surface area (TPSA) is 64.4 Å². The Morgan fingerprint density at radius 1 is 1.03 bits per heavy atom. The number of rotatable bonds is 5. The fraction of sp³-hybridized carbons (Fsp3) is 0.222. The van der Waals surface area contributed by atoms with Gasteiger partial charge in [-0.05, 0) is 49.2 Å². The first-order valence-corrected chi connectivity index (χ1v) is 11.2. The molecule has 0 bridgehead atoms. The highest BCUT2D eigenvalue weighted by atomic mass is 19.1. The summed E-state index contributed by atoms with van der Waals surface area (Å²) in [4.78, 5) is 33.4. The molecule has 7 heteroatoms. The second-order valence-corrected chi connectivity index (χ2v) is 8.41. The molecule has 172 valence electrons. The van der Waals surface area contributed by atoms with Crippen molar-refractivity contribution in [3.63, 3.8) is 0 Å². The van der Waals surface area contributed by atoms with Crippen molar-refractivity contribution in [2.24, 2.45) is 5.92 Å². The van der Waals surface area contributed by atoms with Gasteiger partial charge in [-0.25, -0.2) is 9.37 Å². The van der Waals surface area contributed by atoms with Crippen molar-refractivity contribution in [1.82, 2.24) is 9.55 Å². The largest absolute Gasteiger partial charge is 0.465 e. The molecule has 0 unspecified atom stereocenters. The Morgan fingerprint density at radius 2 is 1.74 bits per heavy atom. The lowest BCUT2D eigenvalue weighted by Crippen LogP contribution is -2.49. The van der Waals surface area contributed by atoms with Gasteiger partial charge in [0.25, 0.3) is 0 Å². The molecule has 3 aromatic carbocycles. The smallest absolute Gasteiger partial charge is 0.321 e. The van der Waals surface area contributed by atoms with E-state index in [1.54, 1.807) is 24.0 Å². The predicted octanol–water partition coefficient (Wildman–Crippen LogP) is 4.80. The van der Waals surface area contributed by atoms with Crippen LogP contribution >= 0.6 is 0 Å². The number of amides is 1. The van der Waals surface area contributed by atoms with Crippen LogP contribution in [0.1, 0.15) is 29.7 Å². The highest BCUT2D eigenvalue weighted by molar-refractivity contribution is 6.08. The van der Waals surface area contributed by atoms with Crippen molar-refractivity contribution in [2.75, 3.05) is 11.5 Å². The van der Waals surface area contributed by atoms with Gasteiger partial charge in [0.1, 0.15) is 5.82 Å². The number of benzene rings is 3. The number of carbonyl (C=O) groups is 2. The van der Waals surface area contributed by atoms with Gasteiger partial charge in [-0.15, -0.1) is 0 Å². The van der Waals surface area contributed by atoms with Crippen molar-refractivity contribution >= 4 is 28.9 Å². The molecule has 2 atom stereocenters. The Balaban J connectivity index is 1.73. The summed E-state index contributed by atoms with van der Waals surface area (Å²) in [5.74, 6) is -2.09. The lowest BCUT2D eigenvalue weighted by molar-refractivity contribution is -0.153. The van der Waals surface area contributed by atoms with Crippen LogP contribution in [0, 0.1) is 18.7 Å². The summed E-state index contributed by atoms with van der Waals surface area (Å²) < 4.78 is 21.0. The first kappa shape index (κ1) is 21.8. The van der Waals surface area contributed by atoms with Gasteiger partial charge >= 0.3 is 5.97 Å². The standard InChI is InChI=1S/C27H24FN3O3/c1-3-34-26(33)23-24(19-12-14-20(28)15-13-19)31-22-7-5-4-6-21(22)29-27(31)30(25(23)32)16-18-10-8-17(2)9-11-18/h4-15,23-24H,3,16H2,1-2H3/t23-,24-/m0/s1. The number of carbonyl (C=O) groups excluding carboxylic acids is 2. The molecule has 0 aliphatic carbocycles. The second-order valence-electron chi connectivity index (χ2n) is 8.41. The van der Waals surface area contributed by atoms with Crippen molar-refractivity contribution < 1.29 is 18.7 Å². The van der Waals surface area contributed by atoms with Gasteiger partial charge < -0.3 is 9.30 Å². The molecule has 0 N–H and O–H groups in total. The number of aromatic nitrogens is 2. The predicted molar refractivity (Wildman–Crippen MR) is 127 cm³/mol. The number of ether oxygens (including phenoxy) is 1. The van der Waals surface area contributed by atoms with E-state index in [4.69, 9.17) is 9.72 Å². The minimum atomic E-state index is -1.14. The molecule has 4 aromatic rings. The number of aryl methyl sites for hydroxylation is 1. The van der Waals surface area contributed by atoms with Gasteiger partial charge in [0.15, 0.2) is 5.92 Å². The zero-order valence-electron chi connectivity index (χ0n) is 18.9. The summed E-state index contributed by atoms with van der Waals surface area (Å²) in [5.41, 5.74) is 4.15. The average molecular weight is 458 g/mol. The molecular weight excluding hydrogens is 433 g/mol. The van der Waals surface area contributed by atoms with E-state index in [-0.39, 0.29) is 13.2 Å². The molecular formula is C27H24FN3O3. The minimum Gasteiger partial charge on any atom is -0.465 e. The number of nitrogens with zero attached hydrogens (tertiary/aromatic N) is 3. The summed E-state index contributed by atoms with van der Waals surface area (Å²) in [6, 6.07) is 20.6. The van der Waals surface area contributed by atoms with Crippen LogP contribution in [0.5, 0.6) is 0 Å². The first-order valence-electron chi connectivity index (χ1n) is 11.2. The van der Waals surface area contributed by atoms with E-state index in [1.165, 1.54) is 12.1 Å². The van der Waals surface area contributed by atoms with Crippen LogP contribution in [-0.4, -0.2) is 28.0 Å². The van der Waals surface area contributed by atoms with E-state index in [9.17, 15) is 14.0 Å². The number of hydrogen-bond donors (Lipinski definition) is 0. The zero-order chi connectivity index (χ0) is 23.8. The van der Waals surface area contributed by atoms with Crippen LogP contribution in [0.25, 0.3) is 11.0 Å². The van der Waals surface area contributed by atoms with E-state index in [0.717, 1.165) is 16.6 Å². The molecule has 1 aromatic heterocycles. The van der Waals surface area contributed by atoms with Gasteiger partial charge in [-0.3, -0.25) is 14.5 Å². The Bertz CT molecular complexity index is 1360. The molecule has 0 spiro atoms. The highest BCUT2D eigenvalue weighted by Crippen LogP contribution is 2.41. The average Bonchev–Trinajstić information content (AvgIpc) is 3.22. The fourth-order valence-corrected chi connectivity index (χ4v) is 4.53. The Kier molecular flexibility index (Phi) is 5.61. The van der Waals surface area contributed by atoms with Crippen LogP contribution in [0.3, 0.4) is 0 Å². The highest BCUT2D eigenvalue weighted by Gasteiger charge is 2.47. The van der Waals surface area contributed by atoms with Crippen LogP contribution in [0.15, 0.2) is 72.8 Å². The summed E-state index contributed by atoms with van der Waals surface area (Å²) in [5, 5.41) is 0. The van der Waals surface area contributed by atoms with Crippen molar-refractivity contribution in [3.05, 3.63) is 95.3 Å². The molecule has 0 radical (unpaired) electrons. The Morgan fingerprint density at radius 3 is 2.44 bits per heavy atom.